The second-order valence-corrected chi connectivity index (χ2v) is 6.73. The first-order chi connectivity index (χ1) is 11.7. The van der Waals surface area contributed by atoms with Gasteiger partial charge in [-0.15, -0.1) is 0 Å². The molecule has 2 aliphatic rings. The summed E-state index contributed by atoms with van der Waals surface area (Å²) in [6.45, 7) is 3.24. The summed E-state index contributed by atoms with van der Waals surface area (Å²) < 4.78 is 13.1. The van der Waals surface area contributed by atoms with Crippen LogP contribution in [0.5, 0.6) is 0 Å². The van der Waals surface area contributed by atoms with Crippen LogP contribution in [0, 0.1) is 5.82 Å². The number of fused-ring (bicyclic) bond motifs is 1. The Morgan fingerprint density at radius 2 is 1.88 bits per heavy atom. The van der Waals surface area contributed by atoms with Crippen LogP contribution in [-0.2, 0) is 13.1 Å². The molecule has 1 amide bonds. The molecule has 2 aromatic rings. The highest BCUT2D eigenvalue weighted by atomic mass is 19.1. The summed E-state index contributed by atoms with van der Waals surface area (Å²) in [5, 5.41) is 3.31. The number of carbonyl (C=O) groups excluding carboxylic acids is 1. The van der Waals surface area contributed by atoms with Gasteiger partial charge in [0.15, 0.2) is 0 Å². The minimum Gasteiger partial charge on any atom is -0.338 e. The van der Waals surface area contributed by atoms with Crippen LogP contribution >= 0.6 is 0 Å². The molecule has 2 heterocycles. The first-order valence-electron chi connectivity index (χ1n) is 8.58. The molecule has 4 rings (SSSR count). The van der Waals surface area contributed by atoms with Gasteiger partial charge in [0.2, 0.25) is 0 Å². The van der Waals surface area contributed by atoms with E-state index in [0.29, 0.717) is 12.5 Å². The normalized spacial score (nSPS) is 20.0. The molecule has 0 radical (unpaired) electrons. The minimum atomic E-state index is -0.214. The summed E-state index contributed by atoms with van der Waals surface area (Å²) in [4.78, 5) is 14.8. The van der Waals surface area contributed by atoms with E-state index >= 15 is 0 Å². The van der Waals surface area contributed by atoms with Crippen molar-refractivity contribution in [1.82, 2.24) is 10.2 Å². The molecular weight excluding hydrogens is 303 g/mol. The molecule has 1 fully saturated rings. The fourth-order valence-corrected chi connectivity index (χ4v) is 3.78. The van der Waals surface area contributed by atoms with Crippen molar-refractivity contribution in [3.63, 3.8) is 0 Å². The van der Waals surface area contributed by atoms with Crippen molar-refractivity contribution in [2.45, 2.75) is 31.8 Å². The average Bonchev–Trinajstić information content (AvgIpc) is 3.09. The van der Waals surface area contributed by atoms with E-state index in [1.54, 1.807) is 0 Å². The molecule has 0 saturated carbocycles. The van der Waals surface area contributed by atoms with E-state index < -0.39 is 0 Å². The second kappa shape index (κ2) is 6.36. The topological polar surface area (TPSA) is 32.3 Å². The zero-order valence-corrected chi connectivity index (χ0v) is 13.6. The molecular formula is C20H21FN2O. The van der Waals surface area contributed by atoms with Gasteiger partial charge in [-0.2, -0.15) is 0 Å². The van der Waals surface area contributed by atoms with E-state index in [0.717, 1.165) is 43.6 Å². The van der Waals surface area contributed by atoms with Gasteiger partial charge in [0.1, 0.15) is 5.82 Å². The Balaban J connectivity index is 1.51. The van der Waals surface area contributed by atoms with Gasteiger partial charge in [0.05, 0.1) is 0 Å². The van der Waals surface area contributed by atoms with Crippen LogP contribution in [0.15, 0.2) is 42.5 Å². The maximum atomic E-state index is 13.1. The van der Waals surface area contributed by atoms with Crippen molar-refractivity contribution >= 4 is 5.91 Å². The first-order valence-corrected chi connectivity index (χ1v) is 8.58. The Morgan fingerprint density at radius 3 is 2.71 bits per heavy atom. The number of nitrogens with zero attached hydrogens (tertiary/aromatic N) is 1. The van der Waals surface area contributed by atoms with Gasteiger partial charge in [-0.1, -0.05) is 18.2 Å². The highest BCUT2D eigenvalue weighted by Crippen LogP contribution is 2.28. The first kappa shape index (κ1) is 15.3. The van der Waals surface area contributed by atoms with Crippen molar-refractivity contribution in [1.29, 1.82) is 0 Å². The summed E-state index contributed by atoms with van der Waals surface area (Å²) in [6, 6.07) is 12.7. The molecule has 2 aliphatic heterocycles. The Bertz CT molecular complexity index is 757. The minimum absolute atomic E-state index is 0.108. The summed E-state index contributed by atoms with van der Waals surface area (Å²) in [7, 11) is 0. The predicted octanol–water partition coefficient (Wildman–Crippen LogP) is 3.45. The zero-order valence-electron chi connectivity index (χ0n) is 13.6. The van der Waals surface area contributed by atoms with E-state index in [1.807, 2.05) is 29.2 Å². The number of hydrogen-bond acceptors (Lipinski definition) is 2. The van der Waals surface area contributed by atoms with Crippen molar-refractivity contribution in [2.24, 2.45) is 0 Å². The van der Waals surface area contributed by atoms with E-state index in [4.69, 9.17) is 0 Å². The number of piperidine rings is 1. The van der Waals surface area contributed by atoms with Gasteiger partial charge in [0, 0.05) is 37.7 Å². The smallest absolute Gasteiger partial charge is 0.253 e. The standard InChI is InChI=1S/C20H21FN2O/c21-19-7-5-14(6-8-19)17-2-1-9-23(13-17)20(24)15-3-4-16-11-22-12-18(16)10-15/h3-8,10,17,22H,1-2,9,11-13H2. The molecule has 0 aromatic heterocycles. The van der Waals surface area contributed by atoms with Crippen molar-refractivity contribution in [3.05, 3.63) is 70.5 Å². The second-order valence-electron chi connectivity index (χ2n) is 6.73. The van der Waals surface area contributed by atoms with Gasteiger partial charge in [-0.25, -0.2) is 4.39 Å². The number of rotatable bonds is 2. The largest absolute Gasteiger partial charge is 0.338 e. The van der Waals surface area contributed by atoms with Gasteiger partial charge in [0.25, 0.3) is 5.91 Å². The molecule has 0 bridgehead atoms. The average molecular weight is 324 g/mol. The number of benzene rings is 2. The van der Waals surface area contributed by atoms with Crippen molar-refractivity contribution < 1.29 is 9.18 Å². The lowest BCUT2D eigenvalue weighted by Gasteiger charge is -2.33. The number of carbonyl (C=O) groups is 1. The molecule has 2 aromatic carbocycles. The van der Waals surface area contributed by atoms with E-state index in [9.17, 15) is 9.18 Å². The van der Waals surface area contributed by atoms with Gasteiger partial charge in [-0.3, -0.25) is 4.79 Å². The molecule has 24 heavy (non-hydrogen) atoms. The van der Waals surface area contributed by atoms with Crippen molar-refractivity contribution in [2.75, 3.05) is 13.1 Å². The monoisotopic (exact) mass is 324 g/mol. The predicted molar refractivity (Wildman–Crippen MR) is 91.3 cm³/mol. The molecule has 0 spiro atoms. The summed E-state index contributed by atoms with van der Waals surface area (Å²) in [5.41, 5.74) is 4.41. The quantitative estimate of drug-likeness (QED) is 0.918. The number of likely N-dealkylation sites (tertiary alicyclic amines) is 1. The lowest BCUT2D eigenvalue weighted by atomic mass is 9.90. The Labute approximate surface area is 141 Å². The zero-order chi connectivity index (χ0) is 16.5. The molecule has 1 unspecified atom stereocenters. The fourth-order valence-electron chi connectivity index (χ4n) is 3.78. The third-order valence-corrected chi connectivity index (χ3v) is 5.13. The van der Waals surface area contributed by atoms with Crippen LogP contribution in [0.1, 0.15) is 45.8 Å². The molecule has 3 nitrogen and oxygen atoms in total. The van der Waals surface area contributed by atoms with E-state index in [-0.39, 0.29) is 11.7 Å². The third-order valence-electron chi connectivity index (χ3n) is 5.13. The number of nitrogens with one attached hydrogen (secondary N) is 1. The van der Waals surface area contributed by atoms with E-state index in [2.05, 4.69) is 11.4 Å². The number of halogens is 1. The SMILES string of the molecule is O=C(c1ccc2c(c1)CNC2)N1CCCC(c2ccc(F)cc2)C1. The summed E-state index contributed by atoms with van der Waals surface area (Å²) in [6.07, 6.45) is 2.03. The number of amides is 1. The maximum Gasteiger partial charge on any atom is 0.253 e. The molecule has 1 atom stereocenters. The van der Waals surface area contributed by atoms with Gasteiger partial charge < -0.3 is 10.2 Å². The van der Waals surface area contributed by atoms with Crippen LogP contribution in [0.25, 0.3) is 0 Å². The summed E-state index contributed by atoms with van der Waals surface area (Å²) >= 11 is 0. The Kier molecular flexibility index (Phi) is 4.07. The van der Waals surface area contributed by atoms with Gasteiger partial charge in [-0.05, 0) is 53.8 Å². The Morgan fingerprint density at radius 1 is 1.08 bits per heavy atom. The van der Waals surface area contributed by atoms with Crippen molar-refractivity contribution in [3.8, 4) is 0 Å². The van der Waals surface area contributed by atoms with Crippen LogP contribution < -0.4 is 5.32 Å². The fraction of sp³-hybridized carbons (Fsp3) is 0.350. The van der Waals surface area contributed by atoms with Crippen LogP contribution in [0.3, 0.4) is 0 Å². The molecule has 0 aliphatic carbocycles. The summed E-state index contributed by atoms with van der Waals surface area (Å²) in [5.74, 6) is 0.185. The van der Waals surface area contributed by atoms with Gasteiger partial charge >= 0.3 is 0 Å². The number of hydrogen-bond donors (Lipinski definition) is 1. The highest BCUT2D eigenvalue weighted by molar-refractivity contribution is 5.94. The Hall–Kier alpha value is -2.20. The van der Waals surface area contributed by atoms with Crippen LogP contribution in [0.2, 0.25) is 0 Å². The lowest BCUT2D eigenvalue weighted by Crippen LogP contribution is -2.39. The lowest BCUT2D eigenvalue weighted by molar-refractivity contribution is 0.0707. The molecule has 1 N–H and O–H groups in total. The third kappa shape index (κ3) is 2.94. The maximum absolute atomic E-state index is 13.1. The highest BCUT2D eigenvalue weighted by Gasteiger charge is 2.26. The molecule has 124 valence electrons. The van der Waals surface area contributed by atoms with E-state index in [1.165, 1.54) is 23.3 Å². The molecule has 4 heteroatoms. The van der Waals surface area contributed by atoms with Crippen LogP contribution in [-0.4, -0.2) is 23.9 Å². The molecule has 1 saturated heterocycles. The van der Waals surface area contributed by atoms with Crippen LogP contribution in [0.4, 0.5) is 4.39 Å².